The molecule has 0 saturated carbocycles. The molecule has 0 bridgehead atoms. The van der Waals surface area contributed by atoms with Crippen LogP contribution in [0.2, 0.25) is 0 Å². The second-order valence-electron chi connectivity index (χ2n) is 9.95. The molecule has 0 aromatic heterocycles. The van der Waals surface area contributed by atoms with Crippen LogP contribution in [0.1, 0.15) is 96.8 Å². The van der Waals surface area contributed by atoms with Gasteiger partial charge in [-0.3, -0.25) is 4.90 Å². The minimum absolute atomic E-state index is 0.375. The Labute approximate surface area is 204 Å². The second kappa shape index (κ2) is 19.2. The van der Waals surface area contributed by atoms with E-state index < -0.39 is 0 Å². The number of unbranched alkanes of at least 4 members (excludes halogenated alkanes) is 13. The van der Waals surface area contributed by atoms with Crippen LogP contribution >= 0.6 is 0 Å². The number of piperazine rings is 1. The number of para-hydroxylation sites is 1. The summed E-state index contributed by atoms with van der Waals surface area (Å²) < 4.78 is 5.75. The summed E-state index contributed by atoms with van der Waals surface area (Å²) in [6.45, 7) is 8.33. The summed E-state index contributed by atoms with van der Waals surface area (Å²) >= 11 is 0. The van der Waals surface area contributed by atoms with E-state index in [1.165, 1.54) is 89.2 Å². The Morgan fingerprint density at radius 2 is 1.24 bits per heavy atom. The van der Waals surface area contributed by atoms with Crippen molar-refractivity contribution in [2.45, 2.75) is 103 Å². The highest BCUT2D eigenvalue weighted by Crippen LogP contribution is 2.16. The molecular weight excluding hydrogens is 408 g/mol. The second-order valence-corrected chi connectivity index (χ2v) is 9.95. The molecule has 0 spiro atoms. The van der Waals surface area contributed by atoms with Gasteiger partial charge in [-0.15, -0.1) is 0 Å². The van der Waals surface area contributed by atoms with Crippen molar-refractivity contribution in [3.05, 3.63) is 30.3 Å². The van der Waals surface area contributed by atoms with Crippen LogP contribution in [0.5, 0.6) is 0 Å². The zero-order valence-corrected chi connectivity index (χ0v) is 21.6. The summed E-state index contributed by atoms with van der Waals surface area (Å²) in [6, 6.07) is 10.6. The van der Waals surface area contributed by atoms with Crippen LogP contribution in [0.25, 0.3) is 0 Å². The minimum Gasteiger partial charge on any atom is -0.389 e. The molecule has 1 unspecified atom stereocenters. The lowest BCUT2D eigenvalue weighted by Gasteiger charge is -2.36. The molecule has 1 saturated heterocycles. The van der Waals surface area contributed by atoms with E-state index in [2.05, 4.69) is 47.1 Å². The zero-order chi connectivity index (χ0) is 23.4. The lowest BCUT2D eigenvalue weighted by atomic mass is 10.0. The van der Waals surface area contributed by atoms with Crippen LogP contribution in [-0.4, -0.2) is 62.0 Å². The molecule has 1 aliphatic heterocycles. The summed E-state index contributed by atoms with van der Waals surface area (Å²) in [7, 11) is 0. The maximum absolute atomic E-state index is 10.3. The normalized spacial score (nSPS) is 15.8. The Morgan fingerprint density at radius 1 is 0.727 bits per heavy atom. The molecule has 0 aliphatic carbocycles. The third-order valence-corrected chi connectivity index (χ3v) is 6.92. The number of nitrogens with zero attached hydrogens (tertiary/aromatic N) is 2. The van der Waals surface area contributed by atoms with Crippen LogP contribution in [0.3, 0.4) is 0 Å². The highest BCUT2D eigenvalue weighted by atomic mass is 16.5. The first-order valence-corrected chi connectivity index (χ1v) is 14.1. The Kier molecular flexibility index (Phi) is 16.4. The van der Waals surface area contributed by atoms with Gasteiger partial charge in [-0.25, -0.2) is 0 Å². The van der Waals surface area contributed by atoms with Crippen LogP contribution in [-0.2, 0) is 4.74 Å². The van der Waals surface area contributed by atoms with E-state index in [1.807, 2.05) is 0 Å². The summed E-state index contributed by atoms with van der Waals surface area (Å²) in [4.78, 5) is 4.79. The number of hydrogen-bond acceptors (Lipinski definition) is 4. The Bertz CT molecular complexity index is 546. The van der Waals surface area contributed by atoms with Gasteiger partial charge in [0.05, 0.1) is 12.7 Å². The van der Waals surface area contributed by atoms with Crippen molar-refractivity contribution >= 4 is 5.69 Å². The fourth-order valence-corrected chi connectivity index (χ4v) is 4.80. The first-order valence-electron chi connectivity index (χ1n) is 14.1. The molecule has 1 heterocycles. The summed E-state index contributed by atoms with van der Waals surface area (Å²) in [5, 5.41) is 10.3. The maximum Gasteiger partial charge on any atom is 0.0900 e. The molecule has 0 radical (unpaired) electrons. The molecule has 1 aromatic rings. The molecule has 1 atom stereocenters. The molecule has 1 aliphatic rings. The molecule has 2 rings (SSSR count). The van der Waals surface area contributed by atoms with E-state index in [-0.39, 0.29) is 6.10 Å². The molecule has 1 fully saturated rings. The van der Waals surface area contributed by atoms with E-state index in [4.69, 9.17) is 4.74 Å². The SMILES string of the molecule is CCCCCCCCCCCCCCCCOCC(O)CN1CCN(c2ccccc2)CC1. The number of aliphatic hydroxyl groups excluding tert-OH is 1. The lowest BCUT2D eigenvalue weighted by Crippen LogP contribution is -2.49. The quantitative estimate of drug-likeness (QED) is 0.221. The van der Waals surface area contributed by atoms with Crippen molar-refractivity contribution in [3.8, 4) is 0 Å². The number of aliphatic hydroxyl groups is 1. The highest BCUT2D eigenvalue weighted by Gasteiger charge is 2.19. The number of ether oxygens (including phenoxy) is 1. The van der Waals surface area contributed by atoms with Gasteiger partial charge in [-0.05, 0) is 18.6 Å². The van der Waals surface area contributed by atoms with Crippen LogP contribution in [0.15, 0.2) is 30.3 Å². The van der Waals surface area contributed by atoms with Crippen molar-refractivity contribution in [2.75, 3.05) is 50.8 Å². The molecule has 1 aromatic carbocycles. The van der Waals surface area contributed by atoms with Gasteiger partial charge in [0.2, 0.25) is 0 Å². The van der Waals surface area contributed by atoms with Crippen molar-refractivity contribution in [3.63, 3.8) is 0 Å². The average molecular weight is 461 g/mol. The van der Waals surface area contributed by atoms with Crippen molar-refractivity contribution in [2.24, 2.45) is 0 Å². The van der Waals surface area contributed by atoms with E-state index in [1.54, 1.807) is 0 Å². The number of rotatable bonds is 20. The number of β-amino-alcohol motifs (C(OH)–C–C–N with tert-alkyl or cyclic N) is 1. The van der Waals surface area contributed by atoms with E-state index >= 15 is 0 Å². The predicted octanol–water partition coefficient (Wildman–Crippen LogP) is 6.67. The first kappa shape index (κ1) is 28.1. The predicted molar refractivity (Wildman–Crippen MR) is 142 cm³/mol. The Balaban J connectivity index is 1.32. The topological polar surface area (TPSA) is 35.9 Å². The Hall–Kier alpha value is -1.10. The largest absolute Gasteiger partial charge is 0.389 e. The van der Waals surface area contributed by atoms with E-state index in [0.717, 1.165) is 45.8 Å². The van der Waals surface area contributed by atoms with Crippen LogP contribution in [0, 0.1) is 0 Å². The smallest absolute Gasteiger partial charge is 0.0900 e. The molecule has 190 valence electrons. The molecule has 33 heavy (non-hydrogen) atoms. The van der Waals surface area contributed by atoms with Gasteiger partial charge in [0.25, 0.3) is 0 Å². The monoisotopic (exact) mass is 460 g/mol. The lowest BCUT2D eigenvalue weighted by molar-refractivity contribution is 0.0146. The van der Waals surface area contributed by atoms with Gasteiger partial charge in [0, 0.05) is 45.0 Å². The number of anilines is 1. The van der Waals surface area contributed by atoms with Crippen molar-refractivity contribution in [1.29, 1.82) is 0 Å². The van der Waals surface area contributed by atoms with E-state index in [0.29, 0.717) is 6.61 Å². The maximum atomic E-state index is 10.3. The standard InChI is InChI=1S/C29H52N2O2/c1-2-3-4-5-6-7-8-9-10-11-12-13-14-18-25-33-27-29(32)26-30-21-23-31(24-22-30)28-19-16-15-17-20-28/h15-17,19-20,29,32H,2-14,18,21-27H2,1H3. The van der Waals surface area contributed by atoms with Crippen molar-refractivity contribution in [1.82, 2.24) is 4.90 Å². The third kappa shape index (κ3) is 14.0. The number of benzene rings is 1. The molecule has 4 nitrogen and oxygen atoms in total. The molecule has 1 N–H and O–H groups in total. The Morgan fingerprint density at radius 3 is 1.79 bits per heavy atom. The fraction of sp³-hybridized carbons (Fsp3) is 0.793. The summed E-state index contributed by atoms with van der Waals surface area (Å²) in [5.74, 6) is 0. The highest BCUT2D eigenvalue weighted by molar-refractivity contribution is 5.46. The van der Waals surface area contributed by atoms with Gasteiger partial charge in [0.1, 0.15) is 0 Å². The molecule has 0 amide bonds. The first-order chi connectivity index (χ1) is 16.3. The third-order valence-electron chi connectivity index (χ3n) is 6.92. The van der Waals surface area contributed by atoms with Gasteiger partial charge in [-0.2, -0.15) is 0 Å². The van der Waals surface area contributed by atoms with Crippen LogP contribution in [0.4, 0.5) is 5.69 Å². The van der Waals surface area contributed by atoms with Crippen molar-refractivity contribution < 1.29 is 9.84 Å². The van der Waals surface area contributed by atoms with Gasteiger partial charge >= 0.3 is 0 Å². The fourth-order valence-electron chi connectivity index (χ4n) is 4.80. The zero-order valence-electron chi connectivity index (χ0n) is 21.6. The summed E-state index contributed by atoms with van der Waals surface area (Å²) in [6.07, 6.45) is 18.9. The number of hydrogen-bond donors (Lipinski definition) is 1. The molecule has 4 heteroatoms. The van der Waals surface area contributed by atoms with Gasteiger partial charge in [0.15, 0.2) is 0 Å². The van der Waals surface area contributed by atoms with Crippen LogP contribution < -0.4 is 4.90 Å². The van der Waals surface area contributed by atoms with Gasteiger partial charge in [-0.1, -0.05) is 109 Å². The minimum atomic E-state index is -0.375. The van der Waals surface area contributed by atoms with Gasteiger partial charge < -0.3 is 14.7 Å². The molecular formula is C29H52N2O2. The van der Waals surface area contributed by atoms with E-state index in [9.17, 15) is 5.11 Å². The average Bonchev–Trinajstić information content (AvgIpc) is 2.85. The summed E-state index contributed by atoms with van der Waals surface area (Å²) in [5.41, 5.74) is 1.30.